The molecule has 1 aliphatic rings. The van der Waals surface area contributed by atoms with Gasteiger partial charge < -0.3 is 25.0 Å². The van der Waals surface area contributed by atoms with E-state index in [1.54, 1.807) is 6.92 Å². The zero-order chi connectivity index (χ0) is 14.4. The van der Waals surface area contributed by atoms with Gasteiger partial charge in [0.15, 0.2) is 11.9 Å². The smallest absolute Gasteiger partial charge is 0.262 e. The molecule has 3 heterocycles. The number of aliphatic hydroxyl groups excluding tert-OH is 3. The van der Waals surface area contributed by atoms with Crippen molar-refractivity contribution in [2.75, 3.05) is 6.61 Å². The van der Waals surface area contributed by atoms with Crippen molar-refractivity contribution in [3.8, 4) is 0 Å². The Balaban J connectivity index is 2.09. The highest BCUT2D eigenvalue weighted by Gasteiger charge is 2.44. The minimum atomic E-state index is -1.27. The number of rotatable bonds is 2. The molecule has 3 rings (SSSR count). The Bertz CT molecular complexity index is 696. The molecular formula is C11H14N4O5. The van der Waals surface area contributed by atoms with Gasteiger partial charge in [-0.05, 0) is 6.92 Å². The second-order valence-electron chi connectivity index (χ2n) is 4.71. The lowest BCUT2D eigenvalue weighted by atomic mass is 10.1. The van der Waals surface area contributed by atoms with Crippen molar-refractivity contribution >= 4 is 11.0 Å². The van der Waals surface area contributed by atoms with Crippen molar-refractivity contribution in [2.24, 2.45) is 0 Å². The molecule has 0 aromatic carbocycles. The maximum absolute atomic E-state index is 11.8. The molecule has 0 amide bonds. The van der Waals surface area contributed by atoms with Crippen LogP contribution in [0.25, 0.3) is 11.0 Å². The summed E-state index contributed by atoms with van der Waals surface area (Å²) >= 11 is 0. The first-order chi connectivity index (χ1) is 9.52. The van der Waals surface area contributed by atoms with E-state index in [1.807, 2.05) is 0 Å². The number of fused-ring (bicyclic) bond motifs is 1. The monoisotopic (exact) mass is 282 g/mol. The topological polar surface area (TPSA) is 133 Å². The van der Waals surface area contributed by atoms with Crippen LogP contribution in [-0.2, 0) is 4.74 Å². The molecule has 0 saturated carbocycles. The minimum Gasteiger partial charge on any atom is -0.394 e. The molecule has 108 valence electrons. The van der Waals surface area contributed by atoms with E-state index in [0.717, 1.165) is 0 Å². The second-order valence-corrected chi connectivity index (χ2v) is 4.71. The van der Waals surface area contributed by atoms with Gasteiger partial charge in [0.05, 0.1) is 12.8 Å². The Hall–Kier alpha value is -1.81. The molecule has 0 unspecified atom stereocenters. The van der Waals surface area contributed by atoms with Crippen molar-refractivity contribution in [3.05, 3.63) is 22.4 Å². The quantitative estimate of drug-likeness (QED) is 0.502. The number of hydrogen-bond acceptors (Lipinski definition) is 7. The van der Waals surface area contributed by atoms with E-state index in [-0.39, 0.29) is 16.6 Å². The molecule has 0 bridgehead atoms. The number of nitrogens with zero attached hydrogens (tertiary/aromatic N) is 3. The van der Waals surface area contributed by atoms with E-state index in [1.165, 1.54) is 10.9 Å². The molecule has 2 aromatic rings. The van der Waals surface area contributed by atoms with Gasteiger partial charge in [-0.25, -0.2) is 9.67 Å². The van der Waals surface area contributed by atoms with Crippen LogP contribution in [0.1, 0.15) is 12.1 Å². The van der Waals surface area contributed by atoms with E-state index in [0.29, 0.717) is 5.82 Å². The van der Waals surface area contributed by atoms with Gasteiger partial charge in [-0.15, -0.1) is 0 Å². The van der Waals surface area contributed by atoms with Gasteiger partial charge in [0.1, 0.15) is 29.5 Å². The van der Waals surface area contributed by atoms with Crippen LogP contribution >= 0.6 is 0 Å². The molecule has 9 heteroatoms. The van der Waals surface area contributed by atoms with Crippen molar-refractivity contribution < 1.29 is 20.1 Å². The zero-order valence-electron chi connectivity index (χ0n) is 10.6. The van der Waals surface area contributed by atoms with E-state index >= 15 is 0 Å². The molecular weight excluding hydrogens is 268 g/mol. The summed E-state index contributed by atoms with van der Waals surface area (Å²) in [6.45, 7) is 1.19. The third-order valence-electron chi connectivity index (χ3n) is 3.34. The first-order valence-corrected chi connectivity index (χ1v) is 6.09. The van der Waals surface area contributed by atoms with Crippen LogP contribution in [0.15, 0.2) is 11.0 Å². The molecule has 0 aliphatic carbocycles. The van der Waals surface area contributed by atoms with Gasteiger partial charge in [0.25, 0.3) is 5.56 Å². The number of aryl methyl sites for hydroxylation is 1. The molecule has 0 radical (unpaired) electrons. The average Bonchev–Trinajstić information content (AvgIpc) is 2.93. The zero-order valence-corrected chi connectivity index (χ0v) is 10.6. The van der Waals surface area contributed by atoms with Crippen molar-refractivity contribution in [1.82, 2.24) is 19.7 Å². The first kappa shape index (κ1) is 13.2. The fourth-order valence-corrected chi connectivity index (χ4v) is 2.31. The normalized spacial score (nSPS) is 30.2. The second kappa shape index (κ2) is 4.63. The molecule has 1 saturated heterocycles. The van der Waals surface area contributed by atoms with Crippen molar-refractivity contribution in [1.29, 1.82) is 0 Å². The highest BCUT2D eigenvalue weighted by Crippen LogP contribution is 2.30. The largest absolute Gasteiger partial charge is 0.394 e. The Labute approximate surface area is 112 Å². The van der Waals surface area contributed by atoms with Crippen LogP contribution in [0.4, 0.5) is 0 Å². The van der Waals surface area contributed by atoms with Gasteiger partial charge in [-0.2, -0.15) is 5.10 Å². The summed E-state index contributed by atoms with van der Waals surface area (Å²) in [4.78, 5) is 18.5. The lowest BCUT2D eigenvalue weighted by Gasteiger charge is -2.15. The average molecular weight is 282 g/mol. The summed E-state index contributed by atoms with van der Waals surface area (Å²) < 4.78 is 6.60. The summed E-state index contributed by atoms with van der Waals surface area (Å²) in [5.74, 6) is 0.399. The van der Waals surface area contributed by atoms with E-state index < -0.39 is 31.1 Å². The predicted molar refractivity (Wildman–Crippen MR) is 65.9 cm³/mol. The maximum atomic E-state index is 11.8. The highest BCUT2D eigenvalue weighted by atomic mass is 16.6. The molecule has 0 spiro atoms. The Kier molecular flexibility index (Phi) is 3.05. The van der Waals surface area contributed by atoms with Gasteiger partial charge in [-0.1, -0.05) is 0 Å². The summed E-state index contributed by atoms with van der Waals surface area (Å²) in [6.07, 6.45) is -3.09. The molecule has 9 nitrogen and oxygen atoms in total. The maximum Gasteiger partial charge on any atom is 0.262 e. The predicted octanol–water partition coefficient (Wildman–Crippen LogP) is -1.96. The molecule has 2 aromatic heterocycles. The lowest BCUT2D eigenvalue weighted by molar-refractivity contribution is -0.0566. The lowest BCUT2D eigenvalue weighted by Crippen LogP contribution is -2.33. The molecule has 1 fully saturated rings. The summed E-state index contributed by atoms with van der Waals surface area (Å²) in [5, 5.41) is 33.0. The standard InChI is InChI=1S/C11H14N4O5/c1-4-13-9-5(10(19)14-4)2-12-15(9)11-8(18)7(17)6(3-16)20-11/h2,6-8,11,16-18H,3H2,1H3,(H,13,14,19)/t6-,7-,8-,11-/m1/s1. The van der Waals surface area contributed by atoms with Crippen LogP contribution in [-0.4, -0.2) is 60.0 Å². The summed E-state index contributed by atoms with van der Waals surface area (Å²) in [7, 11) is 0. The SMILES string of the molecule is Cc1nc2c(cnn2[C@@H]2O[C@H](CO)[C@@H](O)[C@H]2O)c(=O)[nH]1. The van der Waals surface area contributed by atoms with Crippen LogP contribution in [0.2, 0.25) is 0 Å². The van der Waals surface area contributed by atoms with Crippen molar-refractivity contribution in [3.63, 3.8) is 0 Å². The Morgan fingerprint density at radius 3 is 2.85 bits per heavy atom. The van der Waals surface area contributed by atoms with Gasteiger partial charge in [0, 0.05) is 0 Å². The molecule has 4 N–H and O–H groups in total. The van der Waals surface area contributed by atoms with Crippen LogP contribution in [0.5, 0.6) is 0 Å². The fourth-order valence-electron chi connectivity index (χ4n) is 2.31. The summed E-state index contributed by atoms with van der Waals surface area (Å²) in [5.41, 5.74) is -0.0911. The number of hydrogen-bond donors (Lipinski definition) is 4. The van der Waals surface area contributed by atoms with E-state index in [4.69, 9.17) is 9.84 Å². The Morgan fingerprint density at radius 1 is 1.45 bits per heavy atom. The van der Waals surface area contributed by atoms with Crippen LogP contribution in [0.3, 0.4) is 0 Å². The number of ether oxygens (including phenoxy) is 1. The van der Waals surface area contributed by atoms with Crippen LogP contribution < -0.4 is 5.56 Å². The third kappa shape index (κ3) is 1.83. The molecule has 4 atom stereocenters. The van der Waals surface area contributed by atoms with Crippen molar-refractivity contribution in [2.45, 2.75) is 31.5 Å². The van der Waals surface area contributed by atoms with E-state index in [9.17, 15) is 15.0 Å². The molecule has 1 aliphatic heterocycles. The number of aromatic amines is 1. The highest BCUT2D eigenvalue weighted by molar-refractivity contribution is 5.73. The third-order valence-corrected chi connectivity index (χ3v) is 3.34. The number of H-pyrrole nitrogens is 1. The van der Waals surface area contributed by atoms with Gasteiger partial charge in [-0.3, -0.25) is 4.79 Å². The first-order valence-electron chi connectivity index (χ1n) is 6.09. The van der Waals surface area contributed by atoms with E-state index in [2.05, 4.69) is 15.1 Å². The molecule has 20 heavy (non-hydrogen) atoms. The number of aliphatic hydroxyl groups is 3. The Morgan fingerprint density at radius 2 is 2.20 bits per heavy atom. The minimum absolute atomic E-state index is 0.251. The number of aromatic nitrogens is 4. The van der Waals surface area contributed by atoms with Crippen LogP contribution in [0, 0.1) is 6.92 Å². The van der Waals surface area contributed by atoms with Gasteiger partial charge >= 0.3 is 0 Å². The van der Waals surface area contributed by atoms with Gasteiger partial charge in [0.2, 0.25) is 0 Å². The summed E-state index contributed by atoms with van der Waals surface area (Å²) in [6, 6.07) is 0. The number of nitrogens with one attached hydrogen (secondary N) is 1. The fraction of sp³-hybridized carbons (Fsp3) is 0.545.